The molecule has 1 fully saturated rings. The van der Waals surface area contributed by atoms with Gasteiger partial charge in [0.2, 0.25) is 0 Å². The van der Waals surface area contributed by atoms with Crippen LogP contribution < -0.4 is 14.4 Å². The molecule has 0 aromatic heterocycles. The van der Waals surface area contributed by atoms with Crippen LogP contribution in [-0.2, 0) is 11.3 Å². The Kier molecular flexibility index (Phi) is 9.10. The normalized spacial score (nSPS) is 14.0. The molecule has 1 aliphatic heterocycles. The van der Waals surface area contributed by atoms with E-state index in [-0.39, 0.29) is 0 Å². The number of anilines is 1. The van der Waals surface area contributed by atoms with Crippen LogP contribution in [0.25, 0.3) is 0 Å². The first-order valence-corrected chi connectivity index (χ1v) is 11.2. The van der Waals surface area contributed by atoms with Gasteiger partial charge in [-0.05, 0) is 56.0 Å². The number of ether oxygens (including phenoxy) is 3. The van der Waals surface area contributed by atoms with Crippen LogP contribution in [0.2, 0.25) is 0 Å². The van der Waals surface area contributed by atoms with E-state index >= 15 is 0 Å². The zero-order chi connectivity index (χ0) is 21.9. The Morgan fingerprint density at radius 3 is 2.42 bits per heavy atom. The predicted octanol–water partition coefficient (Wildman–Crippen LogP) is 5.12. The van der Waals surface area contributed by atoms with Gasteiger partial charge in [0.25, 0.3) is 0 Å². The maximum atomic E-state index is 6.03. The molecule has 31 heavy (non-hydrogen) atoms. The lowest BCUT2D eigenvalue weighted by molar-refractivity contribution is 0.136. The Morgan fingerprint density at radius 2 is 1.74 bits per heavy atom. The average molecular weight is 425 g/mol. The van der Waals surface area contributed by atoms with E-state index in [9.17, 15) is 0 Å². The van der Waals surface area contributed by atoms with Gasteiger partial charge < -0.3 is 24.0 Å². The van der Waals surface area contributed by atoms with E-state index in [1.54, 1.807) is 14.2 Å². The summed E-state index contributed by atoms with van der Waals surface area (Å²) in [4.78, 5) is 4.83. The summed E-state index contributed by atoms with van der Waals surface area (Å²) >= 11 is 0. The fraction of sp³-hybridized carbons (Fsp3) is 0.462. The predicted molar refractivity (Wildman–Crippen MR) is 127 cm³/mol. The van der Waals surface area contributed by atoms with Gasteiger partial charge in [0.1, 0.15) is 11.5 Å². The van der Waals surface area contributed by atoms with E-state index in [4.69, 9.17) is 14.2 Å². The van der Waals surface area contributed by atoms with Crippen LogP contribution in [0.4, 0.5) is 5.69 Å². The summed E-state index contributed by atoms with van der Waals surface area (Å²) in [5.74, 6) is 1.75. The first-order valence-electron chi connectivity index (χ1n) is 11.2. The Labute approximate surface area is 187 Å². The number of methoxy groups -OCH3 is 2. The molecule has 3 rings (SSSR count). The van der Waals surface area contributed by atoms with Gasteiger partial charge in [-0.1, -0.05) is 24.3 Å². The van der Waals surface area contributed by atoms with Crippen molar-refractivity contribution >= 4 is 5.69 Å². The van der Waals surface area contributed by atoms with E-state index in [1.165, 1.54) is 24.1 Å². The molecular formula is C26H36N2O3. The lowest BCUT2D eigenvalue weighted by Crippen LogP contribution is -2.26. The summed E-state index contributed by atoms with van der Waals surface area (Å²) in [6.07, 6.45) is 5.73. The lowest BCUT2D eigenvalue weighted by atomic mass is 10.1. The van der Waals surface area contributed by atoms with Crippen LogP contribution in [0, 0.1) is 0 Å². The number of nitrogens with zero attached hydrogens (tertiary/aromatic N) is 2. The molecule has 0 amide bonds. The number of allylic oxidation sites excluding steroid dienone is 1. The Hall–Kier alpha value is -2.66. The molecule has 0 atom stereocenters. The van der Waals surface area contributed by atoms with Crippen LogP contribution in [0.3, 0.4) is 0 Å². The molecule has 5 heteroatoms. The van der Waals surface area contributed by atoms with Crippen molar-refractivity contribution in [2.45, 2.75) is 32.7 Å². The highest BCUT2D eigenvalue weighted by molar-refractivity contribution is 5.51. The first kappa shape index (κ1) is 23.0. The molecule has 0 aliphatic carbocycles. The molecule has 0 unspecified atom stereocenters. The van der Waals surface area contributed by atoms with Crippen LogP contribution >= 0.6 is 0 Å². The van der Waals surface area contributed by atoms with Gasteiger partial charge in [-0.3, -0.25) is 0 Å². The molecule has 1 heterocycles. The number of benzene rings is 2. The van der Waals surface area contributed by atoms with E-state index < -0.39 is 0 Å². The average Bonchev–Trinajstić information content (AvgIpc) is 3.36. The van der Waals surface area contributed by atoms with E-state index in [1.807, 2.05) is 24.3 Å². The maximum absolute atomic E-state index is 6.03. The summed E-state index contributed by atoms with van der Waals surface area (Å²) in [6.45, 7) is 7.61. The van der Waals surface area contributed by atoms with Crippen LogP contribution in [0.15, 0.2) is 60.3 Å². The second-order valence-corrected chi connectivity index (χ2v) is 7.85. The van der Waals surface area contributed by atoms with Crippen molar-refractivity contribution in [1.29, 1.82) is 0 Å². The quantitative estimate of drug-likeness (QED) is 0.442. The summed E-state index contributed by atoms with van der Waals surface area (Å²) in [6, 6.07) is 16.5. The van der Waals surface area contributed by atoms with Gasteiger partial charge in [0.05, 0.1) is 20.8 Å². The second-order valence-electron chi connectivity index (χ2n) is 7.85. The minimum Gasteiger partial charge on any atom is -0.497 e. The van der Waals surface area contributed by atoms with E-state index in [0.717, 1.165) is 56.4 Å². The molecule has 0 spiro atoms. The van der Waals surface area contributed by atoms with Crippen molar-refractivity contribution in [1.82, 2.24) is 4.90 Å². The number of hydrogen-bond acceptors (Lipinski definition) is 5. The van der Waals surface area contributed by atoms with E-state index in [0.29, 0.717) is 6.61 Å². The Morgan fingerprint density at radius 1 is 1.00 bits per heavy atom. The van der Waals surface area contributed by atoms with Gasteiger partial charge in [-0.15, -0.1) is 0 Å². The van der Waals surface area contributed by atoms with Crippen LogP contribution in [-0.4, -0.2) is 52.0 Å². The molecule has 0 N–H and O–H groups in total. The molecule has 168 valence electrons. The van der Waals surface area contributed by atoms with Gasteiger partial charge in [-0.25, -0.2) is 0 Å². The molecule has 2 aromatic carbocycles. The standard InChI is InChI=1S/C26H36N2O3/c1-4-23(27-15-5-6-16-27)21-31-18-8-17-28(24-9-7-10-26(19-24)30-3)20-22-11-13-25(29-2)14-12-22/h4,7,9-14,19H,5-6,8,15-18,20-21H2,1-3H3. The van der Waals surface area contributed by atoms with Crippen molar-refractivity contribution in [3.05, 3.63) is 65.9 Å². The highest BCUT2D eigenvalue weighted by Gasteiger charge is 2.14. The number of hydrogen-bond donors (Lipinski definition) is 0. The van der Waals surface area contributed by atoms with Crippen molar-refractivity contribution in [3.8, 4) is 11.5 Å². The molecule has 1 saturated heterocycles. The second kappa shape index (κ2) is 12.3. The molecule has 2 aromatic rings. The molecule has 1 aliphatic rings. The SMILES string of the molecule is CC=C(COCCCN(Cc1ccc(OC)cc1)c1cccc(OC)c1)N1CCCC1. The first-order chi connectivity index (χ1) is 15.2. The summed E-state index contributed by atoms with van der Waals surface area (Å²) in [5, 5.41) is 0. The summed E-state index contributed by atoms with van der Waals surface area (Å²) in [7, 11) is 3.40. The third-order valence-electron chi connectivity index (χ3n) is 5.76. The fourth-order valence-electron chi connectivity index (χ4n) is 3.95. The Balaban J connectivity index is 1.56. The van der Waals surface area contributed by atoms with Crippen LogP contribution in [0.5, 0.6) is 11.5 Å². The molecule has 5 nitrogen and oxygen atoms in total. The molecular weight excluding hydrogens is 388 g/mol. The minimum atomic E-state index is 0.703. The van der Waals surface area contributed by atoms with Gasteiger partial charge in [-0.2, -0.15) is 0 Å². The minimum absolute atomic E-state index is 0.703. The summed E-state index contributed by atoms with van der Waals surface area (Å²) < 4.78 is 16.8. The van der Waals surface area contributed by atoms with Gasteiger partial charge >= 0.3 is 0 Å². The molecule has 0 radical (unpaired) electrons. The third kappa shape index (κ3) is 6.93. The topological polar surface area (TPSA) is 34.2 Å². The monoisotopic (exact) mass is 424 g/mol. The smallest absolute Gasteiger partial charge is 0.120 e. The zero-order valence-corrected chi connectivity index (χ0v) is 19.2. The molecule has 0 bridgehead atoms. The highest BCUT2D eigenvalue weighted by atomic mass is 16.5. The summed E-state index contributed by atoms with van der Waals surface area (Å²) in [5.41, 5.74) is 3.72. The number of rotatable bonds is 12. The van der Waals surface area contributed by atoms with E-state index in [2.05, 4.69) is 47.1 Å². The Bertz CT molecular complexity index is 814. The van der Waals surface area contributed by atoms with Crippen molar-refractivity contribution < 1.29 is 14.2 Å². The largest absolute Gasteiger partial charge is 0.497 e. The number of likely N-dealkylation sites (tertiary alicyclic amines) is 1. The van der Waals surface area contributed by atoms with Gasteiger partial charge in [0.15, 0.2) is 0 Å². The van der Waals surface area contributed by atoms with Crippen molar-refractivity contribution in [2.24, 2.45) is 0 Å². The fourth-order valence-corrected chi connectivity index (χ4v) is 3.95. The van der Waals surface area contributed by atoms with Crippen molar-refractivity contribution in [3.63, 3.8) is 0 Å². The van der Waals surface area contributed by atoms with Crippen molar-refractivity contribution in [2.75, 3.05) is 52.0 Å². The molecule has 0 saturated carbocycles. The zero-order valence-electron chi connectivity index (χ0n) is 19.2. The van der Waals surface area contributed by atoms with Crippen LogP contribution in [0.1, 0.15) is 31.7 Å². The maximum Gasteiger partial charge on any atom is 0.120 e. The lowest BCUT2D eigenvalue weighted by Gasteiger charge is -2.26. The van der Waals surface area contributed by atoms with Gasteiger partial charge in [0, 0.05) is 50.2 Å². The third-order valence-corrected chi connectivity index (χ3v) is 5.76. The highest BCUT2D eigenvalue weighted by Crippen LogP contribution is 2.24.